The smallest absolute Gasteiger partial charge is 0.187 e. The molecule has 0 amide bonds. The Morgan fingerprint density at radius 3 is 1.88 bits per heavy atom. The molecule has 0 aromatic carbocycles. The minimum absolute atomic E-state index is 0.0879. The van der Waals surface area contributed by atoms with E-state index in [-0.39, 0.29) is 6.42 Å². The molecule has 3 rings (SSSR count). The van der Waals surface area contributed by atoms with E-state index in [2.05, 4.69) is 0 Å². The zero-order chi connectivity index (χ0) is 23.7. The van der Waals surface area contributed by atoms with Crippen LogP contribution in [0.25, 0.3) is 0 Å². The standard InChI is InChI=1S/C18H32O14/c1-5-6(21)2-7(22)17(28-5)31-14-11(24)9(4-20)29-16(27)15(14)32-18-13(26)12(25)10(23)8(3-19)30-18/h5-27H,2-4H2,1H3/t5-,6-,7-,8-,9-,10+,11-,12+,13-,14+,15+,16+,17-,18-/m1/s1. The van der Waals surface area contributed by atoms with Crippen LogP contribution in [0.5, 0.6) is 0 Å². The number of hydrogen-bond donors (Lipinski definition) is 9. The molecule has 0 aliphatic carbocycles. The first kappa shape index (κ1) is 26.1. The second kappa shape index (κ2) is 10.8. The van der Waals surface area contributed by atoms with Gasteiger partial charge in [0.2, 0.25) is 0 Å². The highest BCUT2D eigenvalue weighted by Crippen LogP contribution is 2.32. The topological polar surface area (TPSA) is 228 Å². The number of ether oxygens (including phenoxy) is 5. The van der Waals surface area contributed by atoms with Gasteiger partial charge in [0.05, 0.1) is 25.4 Å². The van der Waals surface area contributed by atoms with E-state index in [1.165, 1.54) is 0 Å². The van der Waals surface area contributed by atoms with Crippen molar-refractivity contribution in [2.45, 2.75) is 99.4 Å². The Labute approximate surface area is 183 Å². The summed E-state index contributed by atoms with van der Waals surface area (Å²) in [5.74, 6) is 0. The van der Waals surface area contributed by atoms with Crippen molar-refractivity contribution in [3.8, 4) is 0 Å². The average Bonchev–Trinajstić information content (AvgIpc) is 2.76. The second-order valence-corrected chi connectivity index (χ2v) is 8.22. The monoisotopic (exact) mass is 472 g/mol. The Morgan fingerprint density at radius 2 is 1.25 bits per heavy atom. The van der Waals surface area contributed by atoms with Crippen molar-refractivity contribution >= 4 is 0 Å². The van der Waals surface area contributed by atoms with Gasteiger partial charge in [0.15, 0.2) is 18.9 Å². The van der Waals surface area contributed by atoms with Gasteiger partial charge in [-0.25, -0.2) is 0 Å². The molecule has 14 atom stereocenters. The minimum Gasteiger partial charge on any atom is -0.394 e. The van der Waals surface area contributed by atoms with Gasteiger partial charge in [-0.3, -0.25) is 0 Å². The fraction of sp³-hybridized carbons (Fsp3) is 1.00. The van der Waals surface area contributed by atoms with Crippen LogP contribution in [-0.2, 0) is 23.7 Å². The fourth-order valence-electron chi connectivity index (χ4n) is 3.91. The number of rotatable bonds is 6. The Kier molecular flexibility index (Phi) is 8.79. The Bertz CT molecular complexity index is 594. The first-order chi connectivity index (χ1) is 15.1. The molecule has 14 nitrogen and oxygen atoms in total. The van der Waals surface area contributed by atoms with E-state index < -0.39 is 99.2 Å². The van der Waals surface area contributed by atoms with Crippen LogP contribution in [-0.4, -0.2) is 145 Å². The van der Waals surface area contributed by atoms with Gasteiger partial charge in [-0.1, -0.05) is 0 Å². The van der Waals surface area contributed by atoms with Crippen molar-refractivity contribution in [3.63, 3.8) is 0 Å². The molecule has 14 heteroatoms. The van der Waals surface area contributed by atoms with Gasteiger partial charge in [-0.05, 0) is 6.92 Å². The molecule has 3 saturated heterocycles. The van der Waals surface area contributed by atoms with Gasteiger partial charge in [0, 0.05) is 6.42 Å². The van der Waals surface area contributed by atoms with E-state index in [0.29, 0.717) is 0 Å². The molecule has 3 aliphatic rings. The molecule has 9 N–H and O–H groups in total. The molecule has 0 saturated carbocycles. The van der Waals surface area contributed by atoms with E-state index in [1.807, 2.05) is 0 Å². The molecule has 0 bridgehead atoms. The van der Waals surface area contributed by atoms with Crippen molar-refractivity contribution in [1.82, 2.24) is 0 Å². The fourth-order valence-corrected chi connectivity index (χ4v) is 3.91. The van der Waals surface area contributed by atoms with Crippen molar-refractivity contribution in [2.24, 2.45) is 0 Å². The van der Waals surface area contributed by atoms with Crippen molar-refractivity contribution in [1.29, 1.82) is 0 Å². The van der Waals surface area contributed by atoms with E-state index in [9.17, 15) is 46.0 Å². The average molecular weight is 472 g/mol. The lowest BCUT2D eigenvalue weighted by Crippen LogP contribution is -2.65. The Morgan fingerprint density at radius 1 is 0.656 bits per heavy atom. The number of aliphatic hydroxyl groups is 9. The lowest BCUT2D eigenvalue weighted by Gasteiger charge is -2.47. The highest BCUT2D eigenvalue weighted by Gasteiger charge is 2.52. The quantitative estimate of drug-likeness (QED) is 0.176. The number of hydrogen-bond acceptors (Lipinski definition) is 14. The van der Waals surface area contributed by atoms with Crippen LogP contribution in [0.4, 0.5) is 0 Å². The zero-order valence-corrected chi connectivity index (χ0v) is 17.3. The summed E-state index contributed by atoms with van der Waals surface area (Å²) in [6.45, 7) is 0.126. The molecule has 3 aliphatic heterocycles. The predicted octanol–water partition coefficient (Wildman–Crippen LogP) is -5.52. The molecular formula is C18H32O14. The zero-order valence-electron chi connectivity index (χ0n) is 17.3. The van der Waals surface area contributed by atoms with Crippen LogP contribution in [0, 0.1) is 0 Å². The summed E-state index contributed by atoms with van der Waals surface area (Å²) in [6, 6.07) is 0. The van der Waals surface area contributed by atoms with Gasteiger partial charge in [0.25, 0.3) is 0 Å². The van der Waals surface area contributed by atoms with E-state index in [4.69, 9.17) is 23.7 Å². The van der Waals surface area contributed by atoms with Crippen molar-refractivity contribution in [3.05, 3.63) is 0 Å². The summed E-state index contributed by atoms with van der Waals surface area (Å²) in [6.07, 6.45) is -20.4. The summed E-state index contributed by atoms with van der Waals surface area (Å²) in [5, 5.41) is 89.9. The molecule has 0 aromatic heterocycles. The van der Waals surface area contributed by atoms with E-state index in [1.54, 1.807) is 6.92 Å². The molecule has 188 valence electrons. The molecule has 32 heavy (non-hydrogen) atoms. The molecular weight excluding hydrogens is 440 g/mol. The van der Waals surface area contributed by atoms with Crippen LogP contribution < -0.4 is 0 Å². The summed E-state index contributed by atoms with van der Waals surface area (Å²) in [4.78, 5) is 0. The van der Waals surface area contributed by atoms with Crippen LogP contribution in [0.1, 0.15) is 13.3 Å². The predicted molar refractivity (Wildman–Crippen MR) is 98.5 cm³/mol. The summed E-state index contributed by atoms with van der Waals surface area (Å²) in [5.41, 5.74) is 0. The minimum atomic E-state index is -1.82. The third-order valence-electron chi connectivity index (χ3n) is 5.94. The first-order valence-electron chi connectivity index (χ1n) is 10.3. The highest BCUT2D eigenvalue weighted by atomic mass is 16.8. The van der Waals surface area contributed by atoms with E-state index in [0.717, 1.165) is 0 Å². The summed E-state index contributed by atoms with van der Waals surface area (Å²) in [7, 11) is 0. The molecule has 0 spiro atoms. The lowest BCUT2D eigenvalue weighted by molar-refractivity contribution is -0.382. The summed E-state index contributed by atoms with van der Waals surface area (Å²) < 4.78 is 27.0. The van der Waals surface area contributed by atoms with Crippen LogP contribution in [0.3, 0.4) is 0 Å². The van der Waals surface area contributed by atoms with Gasteiger partial charge in [-0.15, -0.1) is 0 Å². The number of aliphatic hydroxyl groups excluding tert-OH is 9. The van der Waals surface area contributed by atoms with Crippen LogP contribution in [0.2, 0.25) is 0 Å². The van der Waals surface area contributed by atoms with Crippen molar-refractivity contribution in [2.75, 3.05) is 13.2 Å². The van der Waals surface area contributed by atoms with E-state index >= 15 is 0 Å². The maximum atomic E-state index is 10.6. The maximum Gasteiger partial charge on any atom is 0.187 e. The van der Waals surface area contributed by atoms with Gasteiger partial charge in [0.1, 0.15) is 54.9 Å². The van der Waals surface area contributed by atoms with Crippen LogP contribution >= 0.6 is 0 Å². The molecule has 3 heterocycles. The molecule has 3 fully saturated rings. The first-order valence-corrected chi connectivity index (χ1v) is 10.3. The molecule has 0 unspecified atom stereocenters. The second-order valence-electron chi connectivity index (χ2n) is 8.22. The Hall–Kier alpha value is -0.560. The molecule has 0 radical (unpaired) electrons. The van der Waals surface area contributed by atoms with Gasteiger partial charge < -0.3 is 69.6 Å². The highest BCUT2D eigenvalue weighted by molar-refractivity contribution is 4.95. The SMILES string of the molecule is C[C@H]1O[C@H](O[C@H]2[C@H](O)[C@@H](CO)O[C@H](O)[C@H]2O[C@H]2O[C@H](CO)[C@H](O)[C@H](O)[C@H]2O)[C@H](O)C[C@H]1O. The molecule has 0 aromatic rings. The Balaban J connectivity index is 1.79. The van der Waals surface area contributed by atoms with Gasteiger partial charge in [-0.2, -0.15) is 0 Å². The van der Waals surface area contributed by atoms with Gasteiger partial charge >= 0.3 is 0 Å². The third-order valence-corrected chi connectivity index (χ3v) is 5.94. The normalized spacial score (nSPS) is 52.7. The largest absolute Gasteiger partial charge is 0.394 e. The maximum absolute atomic E-state index is 10.6. The van der Waals surface area contributed by atoms with Crippen molar-refractivity contribution < 1.29 is 69.6 Å². The van der Waals surface area contributed by atoms with Crippen LogP contribution in [0.15, 0.2) is 0 Å². The third kappa shape index (κ3) is 5.24. The lowest BCUT2D eigenvalue weighted by atomic mass is 9.96. The summed E-state index contributed by atoms with van der Waals surface area (Å²) >= 11 is 0.